The normalized spacial score (nSPS) is 14.7. The second-order valence-electron chi connectivity index (χ2n) is 4.46. The van der Waals surface area contributed by atoms with Crippen LogP contribution < -0.4 is 4.74 Å². The Balaban J connectivity index is 2.37. The SMILES string of the molecule is Cc1cc(C)c2ncc3c(c2c1)OCCOC3=O. The first-order chi connectivity index (χ1) is 8.66. The zero-order valence-corrected chi connectivity index (χ0v) is 10.3. The fourth-order valence-corrected chi connectivity index (χ4v) is 2.29. The molecule has 18 heavy (non-hydrogen) atoms. The molecular formula is C14H13NO3. The summed E-state index contributed by atoms with van der Waals surface area (Å²) in [5, 5.41) is 0.879. The number of nitrogens with zero attached hydrogens (tertiary/aromatic N) is 1. The van der Waals surface area contributed by atoms with Crippen LogP contribution in [0.2, 0.25) is 0 Å². The Hall–Kier alpha value is -2.10. The van der Waals surface area contributed by atoms with Crippen LogP contribution in [-0.2, 0) is 4.74 Å². The Morgan fingerprint density at radius 1 is 1.17 bits per heavy atom. The molecule has 4 heteroatoms. The van der Waals surface area contributed by atoms with Gasteiger partial charge in [0.05, 0.1) is 5.52 Å². The van der Waals surface area contributed by atoms with Gasteiger partial charge in [0.1, 0.15) is 24.5 Å². The maximum atomic E-state index is 11.8. The Morgan fingerprint density at radius 2 is 1.94 bits per heavy atom. The van der Waals surface area contributed by atoms with Crippen molar-refractivity contribution >= 4 is 16.9 Å². The lowest BCUT2D eigenvalue weighted by molar-refractivity contribution is 0.0492. The van der Waals surface area contributed by atoms with E-state index in [9.17, 15) is 4.79 Å². The second kappa shape index (κ2) is 3.98. The highest BCUT2D eigenvalue weighted by Gasteiger charge is 2.21. The molecule has 92 valence electrons. The van der Waals surface area contributed by atoms with E-state index in [1.54, 1.807) is 0 Å². The van der Waals surface area contributed by atoms with Gasteiger partial charge in [0.2, 0.25) is 0 Å². The van der Waals surface area contributed by atoms with E-state index in [1.807, 2.05) is 19.9 Å². The van der Waals surface area contributed by atoms with Gasteiger partial charge in [0, 0.05) is 11.6 Å². The van der Waals surface area contributed by atoms with Crippen LogP contribution in [0.4, 0.5) is 0 Å². The highest BCUT2D eigenvalue weighted by Crippen LogP contribution is 2.32. The summed E-state index contributed by atoms with van der Waals surface area (Å²) in [6.45, 7) is 4.68. The van der Waals surface area contributed by atoms with Gasteiger partial charge in [-0.15, -0.1) is 0 Å². The van der Waals surface area contributed by atoms with Crippen LogP contribution >= 0.6 is 0 Å². The number of cyclic esters (lactones) is 1. The standard InChI is InChI=1S/C14H13NO3/c1-8-5-9(2)12-10(6-8)13-11(7-15-12)14(16)18-4-3-17-13/h5-7H,3-4H2,1-2H3. The molecule has 2 heterocycles. The summed E-state index contributed by atoms with van der Waals surface area (Å²) in [5.74, 6) is 0.227. The molecule has 0 radical (unpaired) electrons. The summed E-state index contributed by atoms with van der Waals surface area (Å²) in [5.41, 5.74) is 3.48. The predicted octanol–water partition coefficient (Wildman–Crippen LogP) is 2.40. The van der Waals surface area contributed by atoms with Crippen LogP contribution in [0.5, 0.6) is 5.75 Å². The molecule has 4 nitrogen and oxygen atoms in total. The van der Waals surface area contributed by atoms with Crippen molar-refractivity contribution in [3.63, 3.8) is 0 Å². The molecule has 0 aliphatic carbocycles. The van der Waals surface area contributed by atoms with Crippen molar-refractivity contribution in [1.29, 1.82) is 0 Å². The quantitative estimate of drug-likeness (QED) is 0.667. The van der Waals surface area contributed by atoms with Crippen molar-refractivity contribution in [2.75, 3.05) is 13.2 Å². The molecule has 0 spiro atoms. The Kier molecular flexibility index (Phi) is 2.44. The van der Waals surface area contributed by atoms with E-state index in [0.29, 0.717) is 17.9 Å². The van der Waals surface area contributed by atoms with Crippen LogP contribution in [0.1, 0.15) is 21.5 Å². The summed E-state index contributed by atoms with van der Waals surface area (Å²) in [4.78, 5) is 16.1. The molecule has 0 saturated heterocycles. The lowest BCUT2D eigenvalue weighted by Gasteiger charge is -2.10. The third-order valence-corrected chi connectivity index (χ3v) is 3.04. The van der Waals surface area contributed by atoms with Gasteiger partial charge in [-0.05, 0) is 31.0 Å². The number of benzene rings is 1. The molecule has 0 amide bonds. The molecule has 0 saturated carbocycles. The highest BCUT2D eigenvalue weighted by atomic mass is 16.6. The van der Waals surface area contributed by atoms with Crippen LogP contribution in [-0.4, -0.2) is 24.2 Å². The number of rotatable bonds is 0. The molecule has 0 atom stereocenters. The lowest BCUT2D eigenvalue weighted by Crippen LogP contribution is -2.05. The fraction of sp³-hybridized carbons (Fsp3) is 0.286. The third-order valence-electron chi connectivity index (χ3n) is 3.04. The van der Waals surface area contributed by atoms with Crippen molar-refractivity contribution in [3.05, 3.63) is 35.0 Å². The van der Waals surface area contributed by atoms with Gasteiger partial charge in [0.15, 0.2) is 0 Å². The van der Waals surface area contributed by atoms with E-state index in [1.165, 1.54) is 6.20 Å². The molecule has 0 bridgehead atoms. The summed E-state index contributed by atoms with van der Waals surface area (Å²) >= 11 is 0. The second-order valence-corrected chi connectivity index (χ2v) is 4.46. The van der Waals surface area contributed by atoms with Gasteiger partial charge < -0.3 is 9.47 Å². The Morgan fingerprint density at radius 3 is 2.78 bits per heavy atom. The zero-order valence-electron chi connectivity index (χ0n) is 10.3. The minimum atomic E-state index is -0.365. The zero-order chi connectivity index (χ0) is 12.7. The van der Waals surface area contributed by atoms with Crippen LogP contribution in [0.15, 0.2) is 18.3 Å². The van der Waals surface area contributed by atoms with E-state index >= 15 is 0 Å². The maximum Gasteiger partial charge on any atom is 0.343 e. The van der Waals surface area contributed by atoms with Gasteiger partial charge in [-0.3, -0.25) is 4.98 Å². The molecule has 0 unspecified atom stereocenters. The molecule has 2 aromatic rings. The topological polar surface area (TPSA) is 48.4 Å². The van der Waals surface area contributed by atoms with Crippen LogP contribution in [0.3, 0.4) is 0 Å². The molecular weight excluding hydrogens is 230 g/mol. The van der Waals surface area contributed by atoms with E-state index in [0.717, 1.165) is 22.0 Å². The maximum absolute atomic E-state index is 11.8. The monoisotopic (exact) mass is 243 g/mol. The summed E-state index contributed by atoms with van der Waals surface area (Å²) in [6.07, 6.45) is 1.54. The lowest BCUT2D eigenvalue weighted by atomic mass is 10.0. The van der Waals surface area contributed by atoms with E-state index in [2.05, 4.69) is 11.1 Å². The van der Waals surface area contributed by atoms with Gasteiger partial charge in [0.25, 0.3) is 0 Å². The molecule has 1 aromatic carbocycles. The highest BCUT2D eigenvalue weighted by molar-refractivity contribution is 6.00. The first-order valence-corrected chi connectivity index (χ1v) is 5.86. The van der Waals surface area contributed by atoms with E-state index in [4.69, 9.17) is 9.47 Å². The largest absolute Gasteiger partial charge is 0.488 e. The molecule has 3 rings (SSSR count). The smallest absolute Gasteiger partial charge is 0.343 e. The summed E-state index contributed by atoms with van der Waals surface area (Å²) in [7, 11) is 0. The first-order valence-electron chi connectivity index (χ1n) is 5.86. The Labute approximate surface area is 105 Å². The first kappa shape index (κ1) is 11.0. The number of aromatic nitrogens is 1. The number of fused-ring (bicyclic) bond motifs is 3. The molecule has 1 aliphatic rings. The number of esters is 1. The third kappa shape index (κ3) is 1.61. The summed E-state index contributed by atoms with van der Waals surface area (Å²) < 4.78 is 10.7. The van der Waals surface area contributed by atoms with Crippen molar-refractivity contribution in [2.24, 2.45) is 0 Å². The van der Waals surface area contributed by atoms with Gasteiger partial charge in [-0.2, -0.15) is 0 Å². The summed E-state index contributed by atoms with van der Waals surface area (Å²) in [6, 6.07) is 4.06. The van der Waals surface area contributed by atoms with Crippen LogP contribution in [0.25, 0.3) is 10.9 Å². The number of carbonyl (C=O) groups excluding carboxylic acids is 1. The molecule has 0 fully saturated rings. The van der Waals surface area contributed by atoms with E-state index < -0.39 is 0 Å². The van der Waals surface area contributed by atoms with Gasteiger partial charge in [-0.25, -0.2) is 4.79 Å². The van der Waals surface area contributed by atoms with Crippen molar-refractivity contribution in [3.8, 4) is 5.75 Å². The van der Waals surface area contributed by atoms with Gasteiger partial charge in [-0.1, -0.05) is 6.07 Å². The number of ether oxygens (including phenoxy) is 2. The van der Waals surface area contributed by atoms with Crippen molar-refractivity contribution < 1.29 is 14.3 Å². The number of hydrogen-bond acceptors (Lipinski definition) is 4. The van der Waals surface area contributed by atoms with Crippen molar-refractivity contribution in [2.45, 2.75) is 13.8 Å². The minimum absolute atomic E-state index is 0.278. The fourth-order valence-electron chi connectivity index (χ4n) is 2.29. The average Bonchev–Trinajstić information content (AvgIpc) is 2.51. The molecule has 1 aromatic heterocycles. The number of carbonyl (C=O) groups is 1. The van der Waals surface area contributed by atoms with Crippen LogP contribution in [0, 0.1) is 13.8 Å². The Bertz CT molecular complexity index is 649. The molecule has 0 N–H and O–H groups in total. The number of pyridine rings is 1. The molecule has 1 aliphatic heterocycles. The van der Waals surface area contributed by atoms with E-state index in [-0.39, 0.29) is 12.6 Å². The van der Waals surface area contributed by atoms with Crippen molar-refractivity contribution in [1.82, 2.24) is 4.98 Å². The number of hydrogen-bond donors (Lipinski definition) is 0. The predicted molar refractivity (Wildman–Crippen MR) is 67.0 cm³/mol. The van der Waals surface area contributed by atoms with Gasteiger partial charge >= 0.3 is 5.97 Å². The number of aryl methyl sites for hydroxylation is 2. The minimum Gasteiger partial charge on any atom is -0.488 e. The average molecular weight is 243 g/mol.